The fraction of sp³-hybridized carbons (Fsp3) is 0.355. The maximum absolute atomic E-state index is 14.6. The normalized spacial score (nSPS) is 23.4. The van der Waals surface area contributed by atoms with Gasteiger partial charge in [-0.1, -0.05) is 83.3 Å². The Morgan fingerprint density at radius 1 is 0.684 bits per heavy atom. The molecule has 1 unspecified atom stereocenters. The molecule has 7 heteroatoms. The third-order valence-electron chi connectivity index (χ3n) is 8.65. The van der Waals surface area contributed by atoms with Gasteiger partial charge in [0.25, 0.3) is 11.7 Å². The minimum Gasteiger partial charge on any atom is -0.371 e. The molecule has 0 amide bonds. The lowest BCUT2D eigenvalue weighted by atomic mass is 9.96. The Labute approximate surface area is 238 Å². The Morgan fingerprint density at radius 2 is 1.21 bits per heavy atom. The van der Waals surface area contributed by atoms with E-state index in [2.05, 4.69) is 58.3 Å². The van der Waals surface area contributed by atoms with Crippen LogP contribution in [-0.4, -0.2) is 46.8 Å². The Morgan fingerprint density at radius 3 is 1.84 bits per heavy atom. The second kappa shape index (κ2) is 9.59. The highest BCUT2D eigenvalue weighted by atomic mass is 35.5. The summed E-state index contributed by atoms with van der Waals surface area (Å²) in [5, 5.41) is 0.851. The molecule has 2 aromatic carbocycles. The number of benzene rings is 2. The van der Waals surface area contributed by atoms with Crippen molar-refractivity contribution in [3.63, 3.8) is 0 Å². The number of hydrogen-bond acceptors (Lipinski definition) is 3. The van der Waals surface area contributed by atoms with Gasteiger partial charge in [0.2, 0.25) is 0 Å². The van der Waals surface area contributed by atoms with Crippen LogP contribution in [0.15, 0.2) is 80.5 Å². The molecule has 0 aromatic heterocycles. The summed E-state index contributed by atoms with van der Waals surface area (Å²) in [5.74, 6) is 0. The molecule has 4 nitrogen and oxygen atoms in total. The zero-order valence-electron chi connectivity index (χ0n) is 21.2. The number of nitroso groups, excluding NO2 is 1. The quantitative estimate of drug-likeness (QED) is 0.361. The summed E-state index contributed by atoms with van der Waals surface area (Å²) in [6.07, 6.45) is 5.92. The predicted octanol–water partition coefficient (Wildman–Crippen LogP) is 7.41. The fourth-order valence-corrected chi connectivity index (χ4v) is 7.82. The topological polar surface area (TPSA) is 26.6 Å². The monoisotopic (exact) mass is 564 g/mol. The molecule has 0 spiro atoms. The van der Waals surface area contributed by atoms with E-state index in [1.54, 1.807) is 0 Å². The lowest BCUT2D eigenvalue weighted by Gasteiger charge is -2.26. The molecule has 3 aliphatic heterocycles. The van der Waals surface area contributed by atoms with E-state index in [0.717, 1.165) is 79.2 Å². The van der Waals surface area contributed by atoms with Gasteiger partial charge in [-0.2, -0.15) is 0 Å². The number of nitrogens with zero attached hydrogens (tertiary/aromatic N) is 3. The Kier molecular flexibility index (Phi) is 6.18. The zero-order chi connectivity index (χ0) is 26.0. The van der Waals surface area contributed by atoms with Crippen LogP contribution in [0.2, 0.25) is 0 Å². The summed E-state index contributed by atoms with van der Waals surface area (Å²) in [5.41, 5.74) is 9.54. The summed E-state index contributed by atoms with van der Waals surface area (Å²) in [6.45, 7) is 3.92. The number of rotatable bonds is 4. The van der Waals surface area contributed by atoms with Crippen molar-refractivity contribution in [2.24, 2.45) is 0 Å². The van der Waals surface area contributed by atoms with Crippen molar-refractivity contribution >= 4 is 46.2 Å². The van der Waals surface area contributed by atoms with Gasteiger partial charge in [-0.25, -0.2) is 0 Å². The highest BCUT2D eigenvalue weighted by Crippen LogP contribution is 2.49. The van der Waals surface area contributed by atoms with Crippen LogP contribution in [0.4, 0.5) is 0 Å². The van der Waals surface area contributed by atoms with Crippen LogP contribution in [0, 0.1) is 4.91 Å². The Hall–Kier alpha value is -2.53. The van der Waals surface area contributed by atoms with Gasteiger partial charge in [-0.3, -0.25) is 0 Å². The maximum atomic E-state index is 14.6. The van der Waals surface area contributed by atoms with Crippen molar-refractivity contribution in [1.29, 1.82) is 0 Å². The second-order valence-corrected chi connectivity index (χ2v) is 12.0. The Bertz CT molecular complexity index is 1490. The molecule has 0 bridgehead atoms. The summed E-state index contributed by atoms with van der Waals surface area (Å²) in [7, 11) is 0. The lowest BCUT2D eigenvalue weighted by Crippen LogP contribution is -2.34. The molecule has 2 aromatic rings. The first kappa shape index (κ1) is 24.5. The van der Waals surface area contributed by atoms with Crippen LogP contribution >= 0.6 is 34.8 Å². The van der Waals surface area contributed by atoms with E-state index in [-0.39, 0.29) is 10.1 Å². The highest BCUT2D eigenvalue weighted by molar-refractivity contribution is 6.48. The van der Waals surface area contributed by atoms with E-state index >= 15 is 0 Å². The number of hydrogen-bond donors (Lipinski definition) is 0. The summed E-state index contributed by atoms with van der Waals surface area (Å²) in [6, 6.07) is 16.2. The molecule has 0 radical (unpaired) electrons. The molecule has 194 valence electrons. The van der Waals surface area contributed by atoms with Gasteiger partial charge in [0.15, 0.2) is 0 Å². The standard InChI is InChI=1S/C31H29Cl3N3O/c32-25-26(33)30(23-17-19-9-1-3-11-21(19)28(23)35-13-5-6-14-35)37(38)31(27(25)34)24-18-20-10-2-4-12-22(20)29(24)36-15-7-8-16-36/h1-4,9-12,30H,5-8,13-18H2/q+1. The van der Waals surface area contributed by atoms with E-state index in [4.69, 9.17) is 34.8 Å². The average molecular weight is 566 g/mol. The van der Waals surface area contributed by atoms with Crippen molar-refractivity contribution in [1.82, 2.24) is 9.80 Å². The first-order valence-corrected chi connectivity index (χ1v) is 14.7. The minimum absolute atomic E-state index is 0.251. The summed E-state index contributed by atoms with van der Waals surface area (Å²) < 4.78 is 1.07. The van der Waals surface area contributed by atoms with Gasteiger partial charge >= 0.3 is 0 Å². The zero-order valence-corrected chi connectivity index (χ0v) is 23.4. The third kappa shape index (κ3) is 3.71. The van der Waals surface area contributed by atoms with Gasteiger partial charge in [0.05, 0.1) is 26.8 Å². The number of fused-ring (bicyclic) bond motifs is 2. The molecule has 5 aliphatic rings. The van der Waals surface area contributed by atoms with E-state index < -0.39 is 6.04 Å². The van der Waals surface area contributed by atoms with E-state index in [1.165, 1.54) is 22.3 Å². The van der Waals surface area contributed by atoms with Crippen molar-refractivity contribution in [3.8, 4) is 0 Å². The van der Waals surface area contributed by atoms with Crippen molar-refractivity contribution in [2.45, 2.75) is 44.6 Å². The molecule has 7 rings (SSSR count). The smallest absolute Gasteiger partial charge is 0.282 e. The van der Waals surface area contributed by atoms with Crippen LogP contribution in [0.3, 0.4) is 0 Å². The van der Waals surface area contributed by atoms with Crippen LogP contribution in [0.25, 0.3) is 11.4 Å². The number of likely N-dealkylation sites (tertiary alicyclic amines) is 2. The minimum atomic E-state index is -0.708. The van der Waals surface area contributed by atoms with Gasteiger partial charge < -0.3 is 9.80 Å². The fourth-order valence-electron chi connectivity index (χ4n) is 6.97. The van der Waals surface area contributed by atoms with E-state index in [1.807, 2.05) is 0 Å². The first-order valence-electron chi connectivity index (χ1n) is 13.6. The average Bonchev–Trinajstić information content (AvgIpc) is 3.73. The number of allylic oxidation sites excluding steroid dienone is 3. The van der Waals surface area contributed by atoms with Crippen LogP contribution in [0.1, 0.15) is 47.9 Å². The maximum Gasteiger partial charge on any atom is 0.282 e. The molecule has 0 saturated carbocycles. The molecule has 3 heterocycles. The molecule has 2 fully saturated rings. The Balaban J connectivity index is 1.39. The third-order valence-corrected chi connectivity index (χ3v) is 10.00. The second-order valence-electron chi connectivity index (χ2n) is 10.8. The van der Waals surface area contributed by atoms with Gasteiger partial charge in [0.1, 0.15) is 10.1 Å². The largest absolute Gasteiger partial charge is 0.371 e. The molecule has 2 aliphatic carbocycles. The van der Waals surface area contributed by atoms with Crippen LogP contribution in [0.5, 0.6) is 0 Å². The first-order chi connectivity index (χ1) is 18.5. The van der Waals surface area contributed by atoms with Crippen molar-refractivity contribution in [2.75, 3.05) is 26.2 Å². The molecular weight excluding hydrogens is 537 g/mol. The predicted molar refractivity (Wildman–Crippen MR) is 155 cm³/mol. The van der Waals surface area contributed by atoms with E-state index in [9.17, 15) is 4.91 Å². The summed E-state index contributed by atoms with van der Waals surface area (Å²) in [4.78, 5) is 19.4. The molecule has 0 N–H and O–H groups in total. The lowest BCUT2D eigenvalue weighted by molar-refractivity contribution is -0.517. The number of halogens is 3. The molecular formula is C31H29Cl3N3O+. The summed E-state index contributed by atoms with van der Waals surface area (Å²) >= 11 is 20.8. The van der Waals surface area contributed by atoms with Crippen LogP contribution in [-0.2, 0) is 12.8 Å². The van der Waals surface area contributed by atoms with Crippen LogP contribution < -0.4 is 0 Å². The van der Waals surface area contributed by atoms with Gasteiger partial charge in [0, 0.05) is 60.6 Å². The van der Waals surface area contributed by atoms with E-state index in [0.29, 0.717) is 23.6 Å². The SMILES string of the molecule is O=[N+]1C(C2=C(N3CCCC3)c3ccccc3C2)=C(Cl)C(Cl)=C(Cl)C1C1=C(N2CCCC2)c2ccccc2C1. The van der Waals surface area contributed by atoms with Gasteiger partial charge in [-0.15, -0.1) is 0 Å². The molecule has 1 atom stereocenters. The van der Waals surface area contributed by atoms with Crippen molar-refractivity contribution in [3.05, 3.63) is 108 Å². The molecule has 38 heavy (non-hydrogen) atoms. The molecule has 2 saturated heterocycles. The van der Waals surface area contributed by atoms with Gasteiger partial charge in [-0.05, 0) is 36.8 Å². The highest BCUT2D eigenvalue weighted by Gasteiger charge is 2.50. The van der Waals surface area contributed by atoms with Crippen molar-refractivity contribution < 1.29 is 4.76 Å².